The van der Waals surface area contributed by atoms with Crippen LogP contribution in [0.1, 0.15) is 0 Å². The first-order valence-corrected chi connectivity index (χ1v) is 9.09. The van der Waals surface area contributed by atoms with Crippen molar-refractivity contribution in [2.24, 2.45) is 0 Å². The van der Waals surface area contributed by atoms with Gasteiger partial charge in [-0.15, -0.1) is 0 Å². The van der Waals surface area contributed by atoms with Crippen molar-refractivity contribution >= 4 is 15.7 Å². The Morgan fingerprint density at radius 3 is 2.25 bits per heavy atom. The Morgan fingerprint density at radius 2 is 1.67 bits per heavy atom. The highest BCUT2D eigenvalue weighted by Gasteiger charge is 2.28. The van der Waals surface area contributed by atoms with Gasteiger partial charge in [0.1, 0.15) is 11.6 Å². The molecule has 0 amide bonds. The highest BCUT2D eigenvalue weighted by molar-refractivity contribution is 7.89. The number of piperazine rings is 1. The average molecular weight is 350 g/mol. The van der Waals surface area contributed by atoms with Gasteiger partial charge in [0.05, 0.1) is 12.0 Å². The van der Waals surface area contributed by atoms with Gasteiger partial charge in [-0.1, -0.05) is 6.07 Å². The summed E-state index contributed by atoms with van der Waals surface area (Å²) in [6.07, 6.45) is 0. The van der Waals surface area contributed by atoms with Crippen LogP contribution in [0.4, 0.5) is 10.1 Å². The lowest BCUT2D eigenvalue weighted by Gasteiger charge is -2.35. The molecule has 0 radical (unpaired) electrons. The molecule has 0 saturated carbocycles. The van der Waals surface area contributed by atoms with Gasteiger partial charge in [-0.25, -0.2) is 12.8 Å². The molecule has 1 heterocycles. The number of hydrogen-bond acceptors (Lipinski definition) is 4. The number of sulfonamides is 1. The molecule has 0 aromatic heterocycles. The second-order valence-electron chi connectivity index (χ2n) is 5.55. The van der Waals surface area contributed by atoms with Crippen LogP contribution in [0.3, 0.4) is 0 Å². The van der Waals surface area contributed by atoms with Crippen LogP contribution in [0.2, 0.25) is 0 Å². The van der Waals surface area contributed by atoms with Crippen LogP contribution in [0.15, 0.2) is 53.4 Å². The van der Waals surface area contributed by atoms with Crippen molar-refractivity contribution in [3.05, 3.63) is 54.3 Å². The first-order chi connectivity index (χ1) is 11.5. The van der Waals surface area contributed by atoms with E-state index in [1.807, 2.05) is 24.3 Å². The van der Waals surface area contributed by atoms with E-state index in [4.69, 9.17) is 4.74 Å². The van der Waals surface area contributed by atoms with Gasteiger partial charge in [0.2, 0.25) is 10.0 Å². The first-order valence-electron chi connectivity index (χ1n) is 7.65. The summed E-state index contributed by atoms with van der Waals surface area (Å²) >= 11 is 0. The molecule has 1 aliphatic rings. The van der Waals surface area contributed by atoms with E-state index in [9.17, 15) is 12.8 Å². The molecule has 7 heteroatoms. The summed E-state index contributed by atoms with van der Waals surface area (Å²) < 4.78 is 45.0. The number of ether oxygens (including phenoxy) is 1. The third kappa shape index (κ3) is 3.37. The molecule has 1 aliphatic heterocycles. The van der Waals surface area contributed by atoms with Gasteiger partial charge in [0.15, 0.2) is 0 Å². The van der Waals surface area contributed by atoms with Crippen LogP contribution in [-0.2, 0) is 10.0 Å². The van der Waals surface area contributed by atoms with Crippen molar-refractivity contribution in [2.45, 2.75) is 4.90 Å². The second kappa shape index (κ2) is 6.78. The molecule has 0 bridgehead atoms. The van der Waals surface area contributed by atoms with E-state index in [0.717, 1.165) is 17.5 Å². The van der Waals surface area contributed by atoms with Gasteiger partial charge in [-0.2, -0.15) is 4.31 Å². The highest BCUT2D eigenvalue weighted by Crippen LogP contribution is 2.23. The topological polar surface area (TPSA) is 49.9 Å². The average Bonchev–Trinajstić information content (AvgIpc) is 2.62. The van der Waals surface area contributed by atoms with Gasteiger partial charge in [0, 0.05) is 31.9 Å². The van der Waals surface area contributed by atoms with E-state index < -0.39 is 15.8 Å². The quantitative estimate of drug-likeness (QED) is 0.849. The Kier molecular flexibility index (Phi) is 4.73. The van der Waals surface area contributed by atoms with Crippen LogP contribution in [0, 0.1) is 5.82 Å². The van der Waals surface area contributed by atoms with E-state index in [1.54, 1.807) is 7.11 Å². The summed E-state index contributed by atoms with van der Waals surface area (Å²) in [6, 6.07) is 12.8. The van der Waals surface area contributed by atoms with Gasteiger partial charge in [-0.05, 0) is 42.5 Å². The lowest BCUT2D eigenvalue weighted by atomic mass is 10.2. The molecule has 0 aliphatic carbocycles. The fraction of sp³-hybridized carbons (Fsp3) is 0.294. The maximum absolute atomic E-state index is 13.3. The van der Waals surface area contributed by atoms with Crippen molar-refractivity contribution in [1.82, 2.24) is 4.31 Å². The van der Waals surface area contributed by atoms with E-state index in [0.29, 0.717) is 26.2 Å². The Balaban J connectivity index is 1.70. The van der Waals surface area contributed by atoms with Crippen molar-refractivity contribution in [3.8, 4) is 5.75 Å². The molecule has 0 atom stereocenters. The molecule has 1 saturated heterocycles. The lowest BCUT2D eigenvalue weighted by Crippen LogP contribution is -2.48. The Morgan fingerprint density at radius 1 is 1.00 bits per heavy atom. The molecular formula is C17H19FN2O3S. The number of methoxy groups -OCH3 is 1. The Labute approximate surface area is 141 Å². The van der Waals surface area contributed by atoms with Crippen LogP contribution in [0.25, 0.3) is 0 Å². The van der Waals surface area contributed by atoms with Gasteiger partial charge in [0.25, 0.3) is 0 Å². The summed E-state index contributed by atoms with van der Waals surface area (Å²) in [5.41, 5.74) is 1.03. The number of benzene rings is 2. The zero-order valence-electron chi connectivity index (χ0n) is 13.4. The minimum absolute atomic E-state index is 0.000368. The van der Waals surface area contributed by atoms with Crippen molar-refractivity contribution in [3.63, 3.8) is 0 Å². The number of nitrogens with zero attached hydrogens (tertiary/aromatic N) is 2. The molecule has 128 valence electrons. The third-order valence-corrected chi connectivity index (χ3v) is 6.00. The third-order valence-electron chi connectivity index (χ3n) is 4.11. The number of halogens is 1. The monoisotopic (exact) mass is 350 g/mol. The Bertz CT molecular complexity index is 801. The number of anilines is 1. The molecular weight excluding hydrogens is 331 g/mol. The largest absolute Gasteiger partial charge is 0.497 e. The summed E-state index contributed by atoms with van der Waals surface area (Å²) in [4.78, 5) is 2.12. The van der Waals surface area contributed by atoms with Crippen LogP contribution < -0.4 is 9.64 Å². The molecule has 5 nitrogen and oxygen atoms in total. The zero-order valence-corrected chi connectivity index (χ0v) is 14.2. The molecule has 3 rings (SSSR count). The number of rotatable bonds is 4. The van der Waals surface area contributed by atoms with Crippen molar-refractivity contribution in [1.29, 1.82) is 0 Å². The fourth-order valence-corrected chi connectivity index (χ4v) is 4.21. The zero-order chi connectivity index (χ0) is 17.2. The van der Waals surface area contributed by atoms with Crippen LogP contribution >= 0.6 is 0 Å². The van der Waals surface area contributed by atoms with E-state index >= 15 is 0 Å². The molecule has 0 N–H and O–H groups in total. The SMILES string of the molecule is COc1ccc(N2CCN(S(=O)(=O)c3cccc(F)c3)CC2)cc1. The van der Waals surface area contributed by atoms with Crippen molar-refractivity contribution in [2.75, 3.05) is 38.2 Å². The summed E-state index contributed by atoms with van der Waals surface area (Å²) in [5.74, 6) is 0.235. The Hall–Kier alpha value is -2.12. The maximum Gasteiger partial charge on any atom is 0.243 e. The normalized spacial score (nSPS) is 16.2. The van der Waals surface area contributed by atoms with E-state index in [1.165, 1.54) is 22.5 Å². The predicted molar refractivity (Wildman–Crippen MR) is 90.4 cm³/mol. The van der Waals surface area contributed by atoms with Gasteiger partial charge in [-0.3, -0.25) is 0 Å². The first kappa shape index (κ1) is 16.7. The summed E-state index contributed by atoms with van der Waals surface area (Å²) in [6.45, 7) is 1.90. The lowest BCUT2D eigenvalue weighted by molar-refractivity contribution is 0.384. The van der Waals surface area contributed by atoms with Crippen LogP contribution in [0.5, 0.6) is 5.75 Å². The standard InChI is InChI=1S/C17H19FN2O3S/c1-23-16-7-5-15(6-8-16)19-9-11-20(12-10-19)24(21,22)17-4-2-3-14(18)13-17/h2-8,13H,9-12H2,1H3. The smallest absolute Gasteiger partial charge is 0.243 e. The summed E-state index contributed by atoms with van der Waals surface area (Å²) in [7, 11) is -2.04. The minimum Gasteiger partial charge on any atom is -0.497 e. The fourth-order valence-electron chi connectivity index (χ4n) is 2.76. The molecule has 24 heavy (non-hydrogen) atoms. The second-order valence-corrected chi connectivity index (χ2v) is 7.48. The molecule has 0 spiro atoms. The van der Waals surface area contributed by atoms with Crippen LogP contribution in [-0.4, -0.2) is 46.0 Å². The highest BCUT2D eigenvalue weighted by atomic mass is 32.2. The maximum atomic E-state index is 13.3. The van der Waals surface area contributed by atoms with E-state index in [2.05, 4.69) is 4.90 Å². The summed E-state index contributed by atoms with van der Waals surface area (Å²) in [5, 5.41) is 0. The minimum atomic E-state index is -3.65. The molecule has 1 fully saturated rings. The van der Waals surface area contributed by atoms with Gasteiger partial charge >= 0.3 is 0 Å². The molecule has 2 aromatic rings. The molecule has 2 aromatic carbocycles. The molecule has 0 unspecified atom stereocenters. The van der Waals surface area contributed by atoms with E-state index in [-0.39, 0.29) is 4.90 Å². The van der Waals surface area contributed by atoms with Crippen molar-refractivity contribution < 1.29 is 17.5 Å². The van der Waals surface area contributed by atoms with Gasteiger partial charge < -0.3 is 9.64 Å². The number of hydrogen-bond donors (Lipinski definition) is 0. The predicted octanol–water partition coefficient (Wildman–Crippen LogP) is 2.35.